The van der Waals surface area contributed by atoms with Crippen molar-refractivity contribution in [1.29, 1.82) is 0 Å². The molecule has 0 aromatic heterocycles. The van der Waals surface area contributed by atoms with Gasteiger partial charge in [-0.05, 0) is 49.6 Å². The maximum absolute atomic E-state index is 11.8. The van der Waals surface area contributed by atoms with Gasteiger partial charge >= 0.3 is 5.97 Å². The molecule has 1 aromatic carbocycles. The first-order valence-corrected chi connectivity index (χ1v) is 6.76. The third kappa shape index (κ3) is 6.23. The zero-order valence-electron chi connectivity index (χ0n) is 12.6. The molecule has 0 saturated carbocycles. The molecule has 0 aliphatic carbocycles. The van der Waals surface area contributed by atoms with Crippen LogP contribution in [-0.2, 0) is 14.3 Å². The van der Waals surface area contributed by atoms with Crippen LogP contribution in [0.4, 0.5) is 5.69 Å². The molecule has 0 fully saturated rings. The predicted molar refractivity (Wildman–Crippen MR) is 82.2 cm³/mol. The van der Waals surface area contributed by atoms with Gasteiger partial charge in [0.15, 0.2) is 0 Å². The average Bonchev–Trinajstić information content (AvgIpc) is 2.45. The Labute approximate surface area is 124 Å². The molecule has 0 aliphatic rings. The minimum Gasteiger partial charge on any atom is -0.478 e. The van der Waals surface area contributed by atoms with Crippen molar-refractivity contribution in [2.24, 2.45) is 0 Å². The number of amides is 1. The molecule has 0 bridgehead atoms. The molecular formula is C16H21NO4. The molecule has 5 heteroatoms. The molecule has 114 valence electrons. The number of carbonyl (C=O) groups excluding carboxylic acids is 1. The van der Waals surface area contributed by atoms with Crippen LogP contribution in [0.15, 0.2) is 24.3 Å². The minimum absolute atomic E-state index is 0.0559. The van der Waals surface area contributed by atoms with Crippen LogP contribution in [0.2, 0.25) is 0 Å². The van der Waals surface area contributed by atoms with Crippen molar-refractivity contribution in [3.05, 3.63) is 35.4 Å². The van der Waals surface area contributed by atoms with Crippen molar-refractivity contribution in [2.45, 2.75) is 32.8 Å². The van der Waals surface area contributed by atoms with E-state index in [0.29, 0.717) is 12.8 Å². The van der Waals surface area contributed by atoms with Gasteiger partial charge in [0.05, 0.1) is 6.10 Å². The predicted octanol–water partition coefficient (Wildman–Crippen LogP) is 2.85. The van der Waals surface area contributed by atoms with Crippen molar-refractivity contribution in [3.63, 3.8) is 0 Å². The summed E-state index contributed by atoms with van der Waals surface area (Å²) in [5.74, 6) is -1.05. The Balaban J connectivity index is 2.64. The van der Waals surface area contributed by atoms with E-state index in [1.807, 2.05) is 19.9 Å². The molecule has 0 radical (unpaired) electrons. The van der Waals surface area contributed by atoms with Crippen LogP contribution in [0.5, 0.6) is 0 Å². The van der Waals surface area contributed by atoms with Crippen molar-refractivity contribution < 1.29 is 19.4 Å². The van der Waals surface area contributed by atoms with Crippen LogP contribution in [0.1, 0.15) is 30.9 Å². The molecule has 1 rings (SSSR count). The Hall–Kier alpha value is -2.14. The summed E-state index contributed by atoms with van der Waals surface area (Å²) in [6, 6.07) is 5.36. The topological polar surface area (TPSA) is 75.6 Å². The van der Waals surface area contributed by atoms with Gasteiger partial charge in [-0.15, -0.1) is 0 Å². The summed E-state index contributed by atoms with van der Waals surface area (Å²) < 4.78 is 5.10. The number of aryl methyl sites for hydroxylation is 1. The van der Waals surface area contributed by atoms with Gasteiger partial charge in [0.1, 0.15) is 0 Å². The van der Waals surface area contributed by atoms with Gasteiger partial charge in [-0.3, -0.25) is 4.79 Å². The van der Waals surface area contributed by atoms with Crippen LogP contribution < -0.4 is 5.32 Å². The quantitative estimate of drug-likeness (QED) is 0.757. The molecule has 21 heavy (non-hydrogen) atoms. The number of rotatable bonds is 7. The van der Waals surface area contributed by atoms with E-state index < -0.39 is 5.97 Å². The molecule has 1 amide bonds. The molecular weight excluding hydrogens is 270 g/mol. The summed E-state index contributed by atoms with van der Waals surface area (Å²) >= 11 is 0. The third-order valence-corrected chi connectivity index (χ3v) is 3.12. The number of benzene rings is 1. The SMILES string of the molecule is COC(C)CCC(=O)Nc1ccc(/C=C/C(=O)O)cc1C. The fraction of sp³-hybridized carbons (Fsp3) is 0.375. The molecule has 2 N–H and O–H groups in total. The molecule has 0 spiro atoms. The van der Waals surface area contributed by atoms with Crippen molar-refractivity contribution in [2.75, 3.05) is 12.4 Å². The van der Waals surface area contributed by atoms with Crippen LogP contribution >= 0.6 is 0 Å². The summed E-state index contributed by atoms with van der Waals surface area (Å²) in [7, 11) is 1.62. The molecule has 1 aromatic rings. The maximum atomic E-state index is 11.8. The summed E-state index contributed by atoms with van der Waals surface area (Å²) in [6.07, 6.45) is 3.72. The fourth-order valence-electron chi connectivity index (χ4n) is 1.76. The highest BCUT2D eigenvalue weighted by Gasteiger charge is 2.07. The number of carbonyl (C=O) groups is 2. The lowest BCUT2D eigenvalue weighted by molar-refractivity contribution is -0.131. The highest BCUT2D eigenvalue weighted by molar-refractivity contribution is 5.92. The monoisotopic (exact) mass is 291 g/mol. The van der Waals surface area contributed by atoms with Crippen LogP contribution in [0.3, 0.4) is 0 Å². The minimum atomic E-state index is -0.989. The van der Waals surface area contributed by atoms with Gasteiger partial charge in [0.25, 0.3) is 0 Å². The van der Waals surface area contributed by atoms with Crippen LogP contribution in [-0.4, -0.2) is 30.2 Å². The Morgan fingerprint density at radius 2 is 2.14 bits per heavy atom. The Bertz CT molecular complexity index is 537. The number of hydrogen-bond donors (Lipinski definition) is 2. The van der Waals surface area contributed by atoms with Crippen LogP contribution in [0.25, 0.3) is 6.08 Å². The number of methoxy groups -OCH3 is 1. The van der Waals surface area contributed by atoms with E-state index in [2.05, 4.69) is 5.32 Å². The number of aliphatic carboxylic acids is 1. The molecule has 1 unspecified atom stereocenters. The van der Waals surface area contributed by atoms with Gasteiger partial charge in [-0.1, -0.05) is 6.07 Å². The second-order valence-electron chi connectivity index (χ2n) is 4.88. The summed E-state index contributed by atoms with van der Waals surface area (Å²) in [4.78, 5) is 22.3. The standard InChI is InChI=1S/C16H21NO4/c1-11-10-13(6-9-16(19)20)5-7-14(11)17-15(18)8-4-12(2)21-3/h5-7,9-10,12H,4,8H2,1-3H3,(H,17,18)(H,19,20)/b9-6+. The average molecular weight is 291 g/mol. The van der Waals surface area contributed by atoms with E-state index in [1.165, 1.54) is 6.08 Å². The molecule has 0 heterocycles. The highest BCUT2D eigenvalue weighted by atomic mass is 16.5. The van der Waals surface area contributed by atoms with Crippen LogP contribution in [0, 0.1) is 6.92 Å². The van der Waals surface area contributed by atoms with Crippen molar-refractivity contribution in [1.82, 2.24) is 0 Å². The zero-order valence-corrected chi connectivity index (χ0v) is 12.6. The Morgan fingerprint density at radius 1 is 1.43 bits per heavy atom. The van der Waals surface area contributed by atoms with E-state index in [9.17, 15) is 9.59 Å². The Morgan fingerprint density at radius 3 is 2.71 bits per heavy atom. The van der Waals surface area contributed by atoms with E-state index in [4.69, 9.17) is 9.84 Å². The molecule has 0 saturated heterocycles. The first-order chi connectivity index (χ1) is 9.92. The number of carboxylic acids is 1. The normalized spacial score (nSPS) is 12.3. The van der Waals surface area contributed by atoms with E-state index in [-0.39, 0.29) is 12.0 Å². The van der Waals surface area contributed by atoms with Gasteiger partial charge in [-0.25, -0.2) is 4.79 Å². The van der Waals surface area contributed by atoms with Gasteiger partial charge in [-0.2, -0.15) is 0 Å². The summed E-state index contributed by atoms with van der Waals surface area (Å²) in [6.45, 7) is 3.79. The number of carboxylic acid groups (broad SMARTS) is 1. The summed E-state index contributed by atoms with van der Waals surface area (Å²) in [5.41, 5.74) is 2.40. The summed E-state index contributed by atoms with van der Waals surface area (Å²) in [5, 5.41) is 11.4. The number of nitrogens with one attached hydrogen (secondary N) is 1. The first kappa shape index (κ1) is 16.9. The van der Waals surface area contributed by atoms with E-state index in [1.54, 1.807) is 19.2 Å². The lowest BCUT2D eigenvalue weighted by Gasteiger charge is -2.11. The lowest BCUT2D eigenvalue weighted by atomic mass is 10.1. The molecule has 5 nitrogen and oxygen atoms in total. The third-order valence-electron chi connectivity index (χ3n) is 3.12. The molecule has 0 aliphatic heterocycles. The van der Waals surface area contributed by atoms with Crippen molar-refractivity contribution >= 4 is 23.6 Å². The van der Waals surface area contributed by atoms with Crippen molar-refractivity contribution in [3.8, 4) is 0 Å². The second kappa shape index (κ2) is 8.21. The number of hydrogen-bond acceptors (Lipinski definition) is 3. The zero-order chi connectivity index (χ0) is 15.8. The highest BCUT2D eigenvalue weighted by Crippen LogP contribution is 2.18. The molecule has 1 atom stereocenters. The maximum Gasteiger partial charge on any atom is 0.328 e. The fourth-order valence-corrected chi connectivity index (χ4v) is 1.76. The smallest absolute Gasteiger partial charge is 0.328 e. The van der Waals surface area contributed by atoms with Gasteiger partial charge < -0.3 is 15.2 Å². The second-order valence-corrected chi connectivity index (χ2v) is 4.88. The van der Waals surface area contributed by atoms with Gasteiger partial charge in [0.2, 0.25) is 5.91 Å². The largest absolute Gasteiger partial charge is 0.478 e. The first-order valence-electron chi connectivity index (χ1n) is 6.76. The van der Waals surface area contributed by atoms with E-state index in [0.717, 1.165) is 22.9 Å². The Kier molecular flexibility index (Phi) is 6.62. The number of ether oxygens (including phenoxy) is 1. The number of anilines is 1. The van der Waals surface area contributed by atoms with Gasteiger partial charge in [0, 0.05) is 25.3 Å². The van der Waals surface area contributed by atoms with E-state index >= 15 is 0 Å². The lowest BCUT2D eigenvalue weighted by Crippen LogP contribution is -2.15.